The molecule has 4 heteroatoms. The molecular formula is C12H17NO2S. The van der Waals surface area contributed by atoms with E-state index in [1.165, 1.54) is 0 Å². The molecule has 1 rings (SSSR count). The van der Waals surface area contributed by atoms with Crippen LogP contribution in [0.3, 0.4) is 0 Å². The summed E-state index contributed by atoms with van der Waals surface area (Å²) in [5.41, 5.74) is 6.36. The normalized spacial score (nSPS) is 12.1. The number of hydrogen-bond acceptors (Lipinski definition) is 3. The van der Waals surface area contributed by atoms with E-state index >= 15 is 0 Å². The standard InChI is InChI=1S/C12H17NO2S/c1-2-10(7-12(13)16)15-11-5-3-9(8-14)4-6-11/h3-6,10,14H,2,7-8H2,1H3,(H2,13,16). The molecule has 0 aliphatic rings. The summed E-state index contributed by atoms with van der Waals surface area (Å²) in [6, 6.07) is 7.35. The van der Waals surface area contributed by atoms with E-state index in [0.29, 0.717) is 11.4 Å². The summed E-state index contributed by atoms with van der Waals surface area (Å²) >= 11 is 4.86. The van der Waals surface area contributed by atoms with E-state index in [2.05, 4.69) is 0 Å². The second-order valence-electron chi connectivity index (χ2n) is 3.62. The second-order valence-corrected chi connectivity index (χ2v) is 4.14. The van der Waals surface area contributed by atoms with Crippen molar-refractivity contribution in [3.8, 4) is 5.75 Å². The summed E-state index contributed by atoms with van der Waals surface area (Å²) in [4.78, 5) is 0.471. The molecule has 88 valence electrons. The molecule has 1 aromatic carbocycles. The Labute approximate surface area is 101 Å². The van der Waals surface area contributed by atoms with Crippen molar-refractivity contribution in [3.63, 3.8) is 0 Å². The number of benzene rings is 1. The van der Waals surface area contributed by atoms with Gasteiger partial charge < -0.3 is 15.6 Å². The average Bonchev–Trinajstić information content (AvgIpc) is 2.28. The van der Waals surface area contributed by atoms with Gasteiger partial charge in [0.15, 0.2) is 0 Å². The summed E-state index contributed by atoms with van der Waals surface area (Å²) in [5.74, 6) is 0.778. The molecule has 0 heterocycles. The molecule has 0 spiro atoms. The predicted molar refractivity (Wildman–Crippen MR) is 68.5 cm³/mol. The van der Waals surface area contributed by atoms with Gasteiger partial charge in [0.2, 0.25) is 0 Å². The van der Waals surface area contributed by atoms with Gasteiger partial charge in [0.25, 0.3) is 0 Å². The minimum absolute atomic E-state index is 0.0254. The predicted octanol–water partition coefficient (Wildman–Crippen LogP) is 2.01. The lowest BCUT2D eigenvalue weighted by Crippen LogP contribution is -2.23. The first-order valence-corrected chi connectivity index (χ1v) is 5.71. The van der Waals surface area contributed by atoms with Crippen LogP contribution >= 0.6 is 12.2 Å². The zero-order valence-electron chi connectivity index (χ0n) is 9.35. The first-order valence-electron chi connectivity index (χ1n) is 5.30. The molecular weight excluding hydrogens is 222 g/mol. The van der Waals surface area contributed by atoms with E-state index in [9.17, 15) is 0 Å². The van der Waals surface area contributed by atoms with Gasteiger partial charge in [-0.3, -0.25) is 0 Å². The van der Waals surface area contributed by atoms with Crippen LogP contribution in [0.15, 0.2) is 24.3 Å². The molecule has 0 bridgehead atoms. The Balaban J connectivity index is 2.59. The van der Waals surface area contributed by atoms with Crippen LogP contribution in [0.2, 0.25) is 0 Å². The fraction of sp³-hybridized carbons (Fsp3) is 0.417. The highest BCUT2D eigenvalue weighted by molar-refractivity contribution is 7.80. The lowest BCUT2D eigenvalue weighted by atomic mass is 10.2. The largest absolute Gasteiger partial charge is 0.490 e. The molecule has 0 aromatic heterocycles. The van der Waals surface area contributed by atoms with E-state index in [1.807, 2.05) is 31.2 Å². The molecule has 1 unspecified atom stereocenters. The van der Waals surface area contributed by atoms with Gasteiger partial charge in [0, 0.05) is 6.42 Å². The lowest BCUT2D eigenvalue weighted by molar-refractivity contribution is 0.205. The molecule has 3 N–H and O–H groups in total. The maximum absolute atomic E-state index is 8.90. The quantitative estimate of drug-likeness (QED) is 0.746. The Hall–Kier alpha value is -1.13. The number of ether oxygens (including phenoxy) is 1. The Morgan fingerprint density at radius 2 is 2.06 bits per heavy atom. The Morgan fingerprint density at radius 3 is 2.50 bits per heavy atom. The van der Waals surface area contributed by atoms with Crippen LogP contribution in [-0.4, -0.2) is 16.2 Å². The Kier molecular flexibility index (Phi) is 5.22. The van der Waals surface area contributed by atoms with Gasteiger partial charge in [-0.1, -0.05) is 31.3 Å². The molecule has 0 saturated heterocycles. The number of nitrogens with two attached hydrogens (primary N) is 1. The fourth-order valence-corrected chi connectivity index (χ4v) is 1.55. The first kappa shape index (κ1) is 12.9. The van der Waals surface area contributed by atoms with Crippen molar-refractivity contribution >= 4 is 17.2 Å². The highest BCUT2D eigenvalue weighted by Crippen LogP contribution is 2.16. The first-order chi connectivity index (χ1) is 7.65. The van der Waals surface area contributed by atoms with Crippen LogP contribution in [0.4, 0.5) is 0 Å². The van der Waals surface area contributed by atoms with Crippen LogP contribution in [0.5, 0.6) is 5.75 Å². The number of aliphatic hydroxyl groups excluding tert-OH is 1. The molecule has 3 nitrogen and oxygen atoms in total. The van der Waals surface area contributed by atoms with E-state index in [4.69, 9.17) is 27.8 Å². The highest BCUT2D eigenvalue weighted by Gasteiger charge is 2.09. The average molecular weight is 239 g/mol. The molecule has 0 aliphatic heterocycles. The second kappa shape index (κ2) is 6.45. The zero-order valence-corrected chi connectivity index (χ0v) is 10.2. The van der Waals surface area contributed by atoms with E-state index in [1.54, 1.807) is 0 Å². The third-order valence-electron chi connectivity index (χ3n) is 2.29. The Morgan fingerprint density at radius 1 is 1.44 bits per heavy atom. The van der Waals surface area contributed by atoms with Gasteiger partial charge in [-0.15, -0.1) is 0 Å². The van der Waals surface area contributed by atoms with E-state index in [-0.39, 0.29) is 12.7 Å². The highest BCUT2D eigenvalue weighted by atomic mass is 32.1. The van der Waals surface area contributed by atoms with E-state index in [0.717, 1.165) is 17.7 Å². The van der Waals surface area contributed by atoms with Gasteiger partial charge in [-0.05, 0) is 24.1 Å². The number of rotatable bonds is 6. The minimum Gasteiger partial charge on any atom is -0.490 e. The van der Waals surface area contributed by atoms with Crippen LogP contribution in [0.25, 0.3) is 0 Å². The minimum atomic E-state index is 0.0254. The zero-order chi connectivity index (χ0) is 12.0. The van der Waals surface area contributed by atoms with Crippen molar-refractivity contribution in [2.45, 2.75) is 32.5 Å². The molecule has 0 aliphatic carbocycles. The van der Waals surface area contributed by atoms with Gasteiger partial charge in [-0.25, -0.2) is 0 Å². The molecule has 16 heavy (non-hydrogen) atoms. The summed E-state index contributed by atoms with van der Waals surface area (Å²) in [6.45, 7) is 2.08. The third kappa shape index (κ3) is 4.16. The molecule has 0 radical (unpaired) electrons. The van der Waals surface area contributed by atoms with Gasteiger partial charge in [-0.2, -0.15) is 0 Å². The van der Waals surface area contributed by atoms with Gasteiger partial charge >= 0.3 is 0 Å². The van der Waals surface area contributed by atoms with Crippen molar-refractivity contribution in [2.75, 3.05) is 0 Å². The SMILES string of the molecule is CCC(CC(N)=S)Oc1ccc(CO)cc1. The molecule has 1 aromatic rings. The van der Waals surface area contributed by atoms with Crippen molar-refractivity contribution < 1.29 is 9.84 Å². The smallest absolute Gasteiger partial charge is 0.119 e. The van der Waals surface area contributed by atoms with Crippen molar-refractivity contribution in [1.29, 1.82) is 0 Å². The maximum atomic E-state index is 8.90. The van der Waals surface area contributed by atoms with Crippen LogP contribution in [0.1, 0.15) is 25.3 Å². The van der Waals surface area contributed by atoms with Gasteiger partial charge in [0.05, 0.1) is 11.6 Å². The Bertz CT molecular complexity index is 337. The number of thiocarbonyl (C=S) groups is 1. The molecule has 0 saturated carbocycles. The topological polar surface area (TPSA) is 55.5 Å². The third-order valence-corrected chi connectivity index (χ3v) is 2.46. The lowest BCUT2D eigenvalue weighted by Gasteiger charge is -2.16. The number of aliphatic hydroxyl groups is 1. The van der Waals surface area contributed by atoms with Crippen LogP contribution in [0, 0.1) is 0 Å². The molecule has 0 amide bonds. The maximum Gasteiger partial charge on any atom is 0.119 e. The van der Waals surface area contributed by atoms with Crippen molar-refractivity contribution in [3.05, 3.63) is 29.8 Å². The van der Waals surface area contributed by atoms with Crippen LogP contribution in [-0.2, 0) is 6.61 Å². The fourth-order valence-electron chi connectivity index (χ4n) is 1.36. The van der Waals surface area contributed by atoms with Crippen molar-refractivity contribution in [2.24, 2.45) is 5.73 Å². The molecule has 1 atom stereocenters. The number of hydrogen-bond donors (Lipinski definition) is 2. The summed E-state index contributed by atoms with van der Waals surface area (Å²) in [6.07, 6.45) is 1.48. The summed E-state index contributed by atoms with van der Waals surface area (Å²) in [5, 5.41) is 8.90. The molecule has 0 fully saturated rings. The van der Waals surface area contributed by atoms with Crippen LogP contribution < -0.4 is 10.5 Å². The van der Waals surface area contributed by atoms with E-state index < -0.39 is 0 Å². The monoisotopic (exact) mass is 239 g/mol. The van der Waals surface area contributed by atoms with Crippen molar-refractivity contribution in [1.82, 2.24) is 0 Å². The summed E-state index contributed by atoms with van der Waals surface area (Å²) in [7, 11) is 0. The van der Waals surface area contributed by atoms with Gasteiger partial charge in [0.1, 0.15) is 11.9 Å². The summed E-state index contributed by atoms with van der Waals surface area (Å²) < 4.78 is 5.72.